The number of hydrogen-bond donors (Lipinski definition) is 1. The van der Waals surface area contributed by atoms with E-state index in [1.165, 1.54) is 35.2 Å². The summed E-state index contributed by atoms with van der Waals surface area (Å²) in [6.07, 6.45) is 1.30. The van der Waals surface area contributed by atoms with Crippen LogP contribution in [0.1, 0.15) is 0 Å². The molecule has 4 rings (SSSR count). The summed E-state index contributed by atoms with van der Waals surface area (Å²) in [6.45, 7) is 4.32. The van der Waals surface area contributed by atoms with Crippen LogP contribution in [0.4, 0.5) is 14.5 Å². The molecule has 0 saturated carbocycles. The molecule has 3 aromatic rings. The first-order valence-electron chi connectivity index (χ1n) is 10.1. The highest BCUT2D eigenvalue weighted by Gasteiger charge is 2.17. The number of benzene rings is 2. The molecular formula is C22H23F2N5O2. The van der Waals surface area contributed by atoms with Crippen LogP contribution in [0.5, 0.6) is 0 Å². The standard InChI is InChI=1S/C22H23F2N5O2/c23-16-1-4-18(5-2-16)28-11-9-27(10-12-28)8-7-25-21(30)14-29-15-26-20-6-3-17(24)13-19(20)22(29)31/h1-6,13,15H,7-12,14H2,(H,25,30). The van der Waals surface area contributed by atoms with Gasteiger partial charge in [-0.05, 0) is 42.5 Å². The van der Waals surface area contributed by atoms with Crippen molar-refractivity contribution in [2.24, 2.45) is 0 Å². The molecule has 0 unspecified atom stereocenters. The number of anilines is 1. The topological polar surface area (TPSA) is 70.5 Å². The van der Waals surface area contributed by atoms with Crippen molar-refractivity contribution in [2.45, 2.75) is 6.54 Å². The Morgan fingerprint density at radius 1 is 1.00 bits per heavy atom. The van der Waals surface area contributed by atoms with Gasteiger partial charge in [-0.15, -0.1) is 0 Å². The molecule has 7 nitrogen and oxygen atoms in total. The fourth-order valence-electron chi connectivity index (χ4n) is 3.69. The highest BCUT2D eigenvalue weighted by atomic mass is 19.1. The zero-order valence-electron chi connectivity index (χ0n) is 16.9. The minimum Gasteiger partial charge on any atom is -0.369 e. The number of carbonyl (C=O) groups is 1. The molecule has 1 amide bonds. The van der Waals surface area contributed by atoms with Crippen LogP contribution in [0.15, 0.2) is 53.6 Å². The molecule has 0 aliphatic carbocycles. The smallest absolute Gasteiger partial charge is 0.261 e. The van der Waals surface area contributed by atoms with E-state index in [0.29, 0.717) is 18.6 Å². The number of halogens is 2. The van der Waals surface area contributed by atoms with E-state index >= 15 is 0 Å². The molecule has 0 bridgehead atoms. The second kappa shape index (κ2) is 9.22. The van der Waals surface area contributed by atoms with Gasteiger partial charge in [-0.25, -0.2) is 13.8 Å². The van der Waals surface area contributed by atoms with E-state index in [1.54, 1.807) is 12.1 Å². The maximum atomic E-state index is 13.4. The summed E-state index contributed by atoms with van der Waals surface area (Å²) in [4.78, 5) is 33.2. The summed E-state index contributed by atoms with van der Waals surface area (Å²) in [5, 5.41) is 2.96. The molecule has 1 aliphatic rings. The minimum atomic E-state index is -0.520. The summed E-state index contributed by atoms with van der Waals surface area (Å²) in [5.41, 5.74) is 0.947. The Bertz CT molecular complexity index is 1120. The number of amides is 1. The van der Waals surface area contributed by atoms with E-state index in [9.17, 15) is 18.4 Å². The molecule has 0 spiro atoms. The molecule has 1 saturated heterocycles. The number of fused-ring (bicyclic) bond motifs is 1. The minimum absolute atomic E-state index is 0.148. The maximum absolute atomic E-state index is 13.4. The van der Waals surface area contributed by atoms with Crippen molar-refractivity contribution in [1.29, 1.82) is 0 Å². The van der Waals surface area contributed by atoms with Crippen LogP contribution >= 0.6 is 0 Å². The summed E-state index contributed by atoms with van der Waals surface area (Å²) < 4.78 is 27.7. The number of rotatable bonds is 6. The largest absolute Gasteiger partial charge is 0.369 e. The molecule has 2 aromatic carbocycles. The van der Waals surface area contributed by atoms with Crippen molar-refractivity contribution in [2.75, 3.05) is 44.2 Å². The third-order valence-electron chi connectivity index (χ3n) is 5.41. The Balaban J connectivity index is 1.24. The van der Waals surface area contributed by atoms with Gasteiger partial charge in [-0.2, -0.15) is 0 Å². The van der Waals surface area contributed by atoms with Gasteiger partial charge < -0.3 is 10.2 Å². The molecule has 1 aromatic heterocycles. The monoisotopic (exact) mass is 427 g/mol. The SMILES string of the molecule is O=C(Cn1cnc2ccc(F)cc2c1=O)NCCN1CCN(c2ccc(F)cc2)CC1. The lowest BCUT2D eigenvalue weighted by Crippen LogP contribution is -2.48. The molecule has 1 aliphatic heterocycles. The Kier molecular flexibility index (Phi) is 6.22. The molecule has 9 heteroatoms. The molecule has 0 radical (unpaired) electrons. The Labute approximate surface area is 177 Å². The lowest BCUT2D eigenvalue weighted by atomic mass is 10.2. The van der Waals surface area contributed by atoms with Crippen molar-refractivity contribution < 1.29 is 13.6 Å². The van der Waals surface area contributed by atoms with E-state index in [0.717, 1.165) is 37.9 Å². The Hall–Kier alpha value is -3.33. The highest BCUT2D eigenvalue weighted by molar-refractivity contribution is 5.79. The predicted octanol–water partition coefficient (Wildman–Crippen LogP) is 1.61. The van der Waals surface area contributed by atoms with Gasteiger partial charge in [-0.1, -0.05) is 0 Å². The lowest BCUT2D eigenvalue weighted by molar-refractivity contribution is -0.121. The Morgan fingerprint density at radius 2 is 1.71 bits per heavy atom. The second-order valence-electron chi connectivity index (χ2n) is 7.49. The molecule has 0 atom stereocenters. The van der Waals surface area contributed by atoms with E-state index in [4.69, 9.17) is 0 Å². The van der Waals surface area contributed by atoms with Gasteiger partial charge in [0.2, 0.25) is 5.91 Å². The fourth-order valence-corrected chi connectivity index (χ4v) is 3.69. The van der Waals surface area contributed by atoms with E-state index in [2.05, 4.69) is 20.1 Å². The average molecular weight is 427 g/mol. The maximum Gasteiger partial charge on any atom is 0.261 e. The van der Waals surface area contributed by atoms with Gasteiger partial charge in [0.15, 0.2) is 0 Å². The number of hydrogen-bond acceptors (Lipinski definition) is 5. The molecule has 2 heterocycles. The van der Waals surface area contributed by atoms with Crippen molar-refractivity contribution in [1.82, 2.24) is 19.8 Å². The van der Waals surface area contributed by atoms with Crippen LogP contribution in [0.3, 0.4) is 0 Å². The second-order valence-corrected chi connectivity index (χ2v) is 7.49. The van der Waals surface area contributed by atoms with Crippen molar-refractivity contribution in [3.8, 4) is 0 Å². The van der Waals surface area contributed by atoms with Crippen LogP contribution in [0, 0.1) is 11.6 Å². The summed E-state index contributed by atoms with van der Waals surface area (Å²) in [7, 11) is 0. The van der Waals surface area contributed by atoms with Gasteiger partial charge in [0, 0.05) is 45.0 Å². The van der Waals surface area contributed by atoms with E-state index in [-0.39, 0.29) is 23.7 Å². The third-order valence-corrected chi connectivity index (χ3v) is 5.41. The molecule has 1 fully saturated rings. The first-order valence-corrected chi connectivity index (χ1v) is 10.1. The van der Waals surface area contributed by atoms with Gasteiger partial charge in [0.05, 0.1) is 17.2 Å². The fraction of sp³-hybridized carbons (Fsp3) is 0.318. The van der Waals surface area contributed by atoms with Gasteiger partial charge in [-0.3, -0.25) is 19.1 Å². The van der Waals surface area contributed by atoms with Gasteiger partial charge in [0.25, 0.3) is 5.56 Å². The van der Waals surface area contributed by atoms with Gasteiger partial charge in [0.1, 0.15) is 18.2 Å². The highest BCUT2D eigenvalue weighted by Crippen LogP contribution is 2.16. The van der Waals surface area contributed by atoms with Crippen LogP contribution in [-0.2, 0) is 11.3 Å². The molecule has 162 valence electrons. The number of aromatic nitrogens is 2. The molecule has 1 N–H and O–H groups in total. The molecular weight excluding hydrogens is 404 g/mol. The van der Waals surface area contributed by atoms with Crippen LogP contribution in [0.2, 0.25) is 0 Å². The van der Waals surface area contributed by atoms with Crippen molar-refractivity contribution in [3.05, 3.63) is 70.8 Å². The quantitative estimate of drug-likeness (QED) is 0.647. The third kappa shape index (κ3) is 5.05. The van der Waals surface area contributed by atoms with E-state index in [1.807, 2.05) is 0 Å². The summed E-state index contributed by atoms with van der Waals surface area (Å²) in [5.74, 6) is -1.07. The Morgan fingerprint density at radius 3 is 2.45 bits per heavy atom. The average Bonchev–Trinajstić information content (AvgIpc) is 2.77. The first kappa shape index (κ1) is 20.9. The number of carbonyl (C=O) groups excluding carboxylic acids is 1. The first-order chi connectivity index (χ1) is 15.0. The van der Waals surface area contributed by atoms with E-state index < -0.39 is 11.4 Å². The number of piperazine rings is 1. The number of nitrogens with one attached hydrogen (secondary N) is 1. The zero-order valence-corrected chi connectivity index (χ0v) is 16.9. The molecule has 31 heavy (non-hydrogen) atoms. The van der Waals surface area contributed by atoms with Crippen molar-refractivity contribution in [3.63, 3.8) is 0 Å². The zero-order chi connectivity index (χ0) is 21.8. The van der Waals surface area contributed by atoms with Crippen LogP contribution in [-0.4, -0.2) is 59.6 Å². The van der Waals surface area contributed by atoms with Crippen molar-refractivity contribution >= 4 is 22.5 Å². The van der Waals surface area contributed by atoms with Crippen LogP contribution < -0.4 is 15.8 Å². The summed E-state index contributed by atoms with van der Waals surface area (Å²) >= 11 is 0. The van der Waals surface area contributed by atoms with Crippen LogP contribution in [0.25, 0.3) is 10.9 Å². The lowest BCUT2D eigenvalue weighted by Gasteiger charge is -2.36. The van der Waals surface area contributed by atoms with Gasteiger partial charge >= 0.3 is 0 Å². The predicted molar refractivity (Wildman–Crippen MR) is 114 cm³/mol. The normalized spacial score (nSPS) is 14.7. The number of nitrogens with zero attached hydrogens (tertiary/aromatic N) is 4. The summed E-state index contributed by atoms with van der Waals surface area (Å²) in [6, 6.07) is 10.3.